The summed E-state index contributed by atoms with van der Waals surface area (Å²) in [5.74, 6) is -0.360. The van der Waals surface area contributed by atoms with E-state index in [0.717, 1.165) is 37.1 Å². The zero-order chi connectivity index (χ0) is 19.3. The first-order valence-corrected chi connectivity index (χ1v) is 9.42. The van der Waals surface area contributed by atoms with Gasteiger partial charge in [-0.2, -0.15) is 5.10 Å². The summed E-state index contributed by atoms with van der Waals surface area (Å²) >= 11 is 0. The Kier molecular flexibility index (Phi) is 5.43. The normalized spacial score (nSPS) is 15.5. The Bertz CT molecular complexity index is 937. The highest BCUT2D eigenvalue weighted by Gasteiger charge is 2.29. The molecule has 28 heavy (non-hydrogen) atoms. The lowest BCUT2D eigenvalue weighted by Gasteiger charge is -2.26. The topological polar surface area (TPSA) is 63.1 Å². The molecule has 144 valence electrons. The van der Waals surface area contributed by atoms with Gasteiger partial charge in [0.05, 0.1) is 11.9 Å². The number of rotatable bonds is 6. The van der Waals surface area contributed by atoms with E-state index < -0.39 is 0 Å². The van der Waals surface area contributed by atoms with Crippen LogP contribution in [0.2, 0.25) is 0 Å². The smallest absolute Gasteiger partial charge is 0.242 e. The summed E-state index contributed by atoms with van der Waals surface area (Å²) in [5, 5.41) is 7.28. The molecule has 1 saturated heterocycles. The van der Waals surface area contributed by atoms with Crippen LogP contribution in [-0.2, 0) is 11.3 Å². The lowest BCUT2D eigenvalue weighted by molar-refractivity contribution is -0.126. The standard InChI is InChI=1S/C21H22FN5O/c22-18-6-3-7-19(11-18)27-15-16(13-25-27)12-24-21(28)20(26-9-1-2-10-26)17-5-4-8-23-14-17/h3-8,11,13-15,20H,1-2,9-10,12H2,(H,24,28). The Hall–Kier alpha value is -3.06. The number of benzene rings is 1. The third-order valence-corrected chi connectivity index (χ3v) is 4.93. The highest BCUT2D eigenvalue weighted by Crippen LogP contribution is 2.25. The highest BCUT2D eigenvalue weighted by molar-refractivity contribution is 5.83. The van der Waals surface area contributed by atoms with Crippen LogP contribution in [0.5, 0.6) is 0 Å². The number of carbonyl (C=O) groups is 1. The van der Waals surface area contributed by atoms with Crippen LogP contribution in [0.25, 0.3) is 5.69 Å². The summed E-state index contributed by atoms with van der Waals surface area (Å²) < 4.78 is 15.0. The van der Waals surface area contributed by atoms with Gasteiger partial charge in [-0.3, -0.25) is 14.7 Å². The summed E-state index contributed by atoms with van der Waals surface area (Å²) in [6.45, 7) is 2.17. The summed E-state index contributed by atoms with van der Waals surface area (Å²) in [7, 11) is 0. The van der Waals surface area contributed by atoms with Crippen molar-refractivity contribution in [3.63, 3.8) is 0 Å². The Balaban J connectivity index is 1.45. The third kappa shape index (κ3) is 4.09. The zero-order valence-corrected chi connectivity index (χ0v) is 15.5. The van der Waals surface area contributed by atoms with Gasteiger partial charge in [0, 0.05) is 30.7 Å². The second-order valence-electron chi connectivity index (χ2n) is 6.92. The van der Waals surface area contributed by atoms with Gasteiger partial charge in [-0.25, -0.2) is 9.07 Å². The van der Waals surface area contributed by atoms with Crippen molar-refractivity contribution in [2.45, 2.75) is 25.4 Å². The fraction of sp³-hybridized carbons (Fsp3) is 0.286. The third-order valence-electron chi connectivity index (χ3n) is 4.93. The molecule has 0 aliphatic carbocycles. The molecule has 1 atom stereocenters. The number of likely N-dealkylation sites (tertiary alicyclic amines) is 1. The van der Waals surface area contributed by atoms with E-state index in [4.69, 9.17) is 0 Å². The Morgan fingerprint density at radius 3 is 2.79 bits per heavy atom. The summed E-state index contributed by atoms with van der Waals surface area (Å²) in [6.07, 6.45) is 9.15. The average molecular weight is 379 g/mol. The molecule has 1 N–H and O–H groups in total. The van der Waals surface area contributed by atoms with Crippen molar-refractivity contribution in [2.75, 3.05) is 13.1 Å². The minimum absolute atomic E-state index is 0.0478. The summed E-state index contributed by atoms with van der Waals surface area (Å²) in [4.78, 5) is 19.3. The van der Waals surface area contributed by atoms with Crippen molar-refractivity contribution in [2.24, 2.45) is 0 Å². The molecule has 0 spiro atoms. The lowest BCUT2D eigenvalue weighted by atomic mass is 10.1. The summed E-state index contributed by atoms with van der Waals surface area (Å²) in [5.41, 5.74) is 2.39. The van der Waals surface area contributed by atoms with Gasteiger partial charge in [-0.15, -0.1) is 0 Å². The molecule has 3 heterocycles. The van der Waals surface area contributed by atoms with Gasteiger partial charge in [0.15, 0.2) is 0 Å². The average Bonchev–Trinajstić information content (AvgIpc) is 3.40. The van der Waals surface area contributed by atoms with Crippen LogP contribution < -0.4 is 5.32 Å². The maximum Gasteiger partial charge on any atom is 0.242 e. The zero-order valence-electron chi connectivity index (χ0n) is 15.5. The SMILES string of the molecule is O=C(NCc1cnn(-c2cccc(F)c2)c1)C(c1cccnc1)N1CCCC1. The Morgan fingerprint density at radius 2 is 2.04 bits per heavy atom. The molecule has 1 aromatic carbocycles. The molecule has 0 bridgehead atoms. The van der Waals surface area contributed by atoms with Crippen molar-refractivity contribution >= 4 is 5.91 Å². The molecule has 0 saturated carbocycles. The van der Waals surface area contributed by atoms with Gasteiger partial charge in [0.25, 0.3) is 0 Å². The van der Waals surface area contributed by atoms with Crippen LogP contribution in [0.1, 0.15) is 30.0 Å². The van der Waals surface area contributed by atoms with Crippen LogP contribution >= 0.6 is 0 Å². The number of aromatic nitrogens is 3. The monoisotopic (exact) mass is 379 g/mol. The number of carbonyl (C=O) groups excluding carboxylic acids is 1. The fourth-order valence-corrected chi connectivity index (χ4v) is 3.56. The van der Waals surface area contributed by atoms with E-state index in [1.165, 1.54) is 12.1 Å². The van der Waals surface area contributed by atoms with E-state index in [0.29, 0.717) is 12.2 Å². The molecule has 4 rings (SSSR count). The van der Waals surface area contributed by atoms with Crippen LogP contribution in [0.4, 0.5) is 4.39 Å². The lowest BCUT2D eigenvalue weighted by Crippen LogP contribution is -2.39. The van der Waals surface area contributed by atoms with Crippen LogP contribution in [0.3, 0.4) is 0 Å². The van der Waals surface area contributed by atoms with Gasteiger partial charge in [0.1, 0.15) is 11.9 Å². The first-order valence-electron chi connectivity index (χ1n) is 9.42. The molecule has 7 heteroatoms. The Morgan fingerprint density at radius 1 is 1.18 bits per heavy atom. The summed E-state index contributed by atoms with van der Waals surface area (Å²) in [6, 6.07) is 9.69. The van der Waals surface area contributed by atoms with Crippen LogP contribution in [-0.4, -0.2) is 38.7 Å². The van der Waals surface area contributed by atoms with Gasteiger partial charge < -0.3 is 5.32 Å². The van der Waals surface area contributed by atoms with Crippen LogP contribution in [0, 0.1) is 5.82 Å². The molecular formula is C21H22FN5O. The van der Waals surface area contributed by atoms with Gasteiger partial charge in [0.2, 0.25) is 5.91 Å². The molecule has 6 nitrogen and oxygen atoms in total. The molecule has 1 fully saturated rings. The van der Waals surface area contributed by atoms with Gasteiger partial charge >= 0.3 is 0 Å². The number of halogens is 1. The van der Waals surface area contributed by atoms with Gasteiger partial charge in [-0.1, -0.05) is 12.1 Å². The minimum Gasteiger partial charge on any atom is -0.350 e. The van der Waals surface area contributed by atoms with E-state index >= 15 is 0 Å². The van der Waals surface area contributed by atoms with Crippen LogP contribution in [0.15, 0.2) is 61.2 Å². The van der Waals surface area contributed by atoms with E-state index in [1.807, 2.05) is 12.1 Å². The number of hydrogen-bond acceptors (Lipinski definition) is 4. The first-order chi connectivity index (χ1) is 13.7. The fourth-order valence-electron chi connectivity index (χ4n) is 3.56. The van der Waals surface area contributed by atoms with Crippen molar-refractivity contribution < 1.29 is 9.18 Å². The van der Waals surface area contributed by atoms with E-state index in [1.54, 1.807) is 41.6 Å². The predicted octanol–water partition coefficient (Wildman–Crippen LogP) is 2.86. The minimum atomic E-state index is -0.338. The largest absolute Gasteiger partial charge is 0.350 e. The molecule has 3 aromatic rings. The van der Waals surface area contributed by atoms with E-state index in [9.17, 15) is 9.18 Å². The molecular weight excluding hydrogens is 357 g/mol. The van der Waals surface area contributed by atoms with Crippen molar-refractivity contribution in [3.05, 3.63) is 78.1 Å². The number of amides is 1. The molecule has 2 aromatic heterocycles. The molecule has 0 radical (unpaired) electrons. The molecule has 1 aliphatic heterocycles. The number of nitrogens with zero attached hydrogens (tertiary/aromatic N) is 4. The van der Waals surface area contributed by atoms with Gasteiger partial charge in [-0.05, 0) is 55.8 Å². The number of pyridine rings is 1. The highest BCUT2D eigenvalue weighted by atomic mass is 19.1. The predicted molar refractivity (Wildman–Crippen MR) is 103 cm³/mol. The maximum atomic E-state index is 13.4. The number of nitrogens with one attached hydrogen (secondary N) is 1. The molecule has 1 amide bonds. The number of hydrogen-bond donors (Lipinski definition) is 1. The Labute approximate surface area is 163 Å². The van der Waals surface area contributed by atoms with E-state index in [-0.39, 0.29) is 17.8 Å². The van der Waals surface area contributed by atoms with Crippen molar-refractivity contribution in [3.8, 4) is 5.69 Å². The van der Waals surface area contributed by atoms with Crippen molar-refractivity contribution in [1.29, 1.82) is 0 Å². The maximum absolute atomic E-state index is 13.4. The first kappa shape index (κ1) is 18.3. The second-order valence-corrected chi connectivity index (χ2v) is 6.92. The van der Waals surface area contributed by atoms with E-state index in [2.05, 4.69) is 20.3 Å². The quantitative estimate of drug-likeness (QED) is 0.715. The molecule has 1 unspecified atom stereocenters. The molecule has 1 aliphatic rings. The van der Waals surface area contributed by atoms with Crippen molar-refractivity contribution in [1.82, 2.24) is 25.0 Å². The second kappa shape index (κ2) is 8.31.